The van der Waals surface area contributed by atoms with Gasteiger partial charge in [0.1, 0.15) is 4.90 Å². The molecule has 1 N–H and O–H groups in total. The first-order valence-electron chi connectivity index (χ1n) is 5.45. The molecule has 1 saturated heterocycles. The monoisotopic (exact) mass is 252 g/mol. The zero-order valence-corrected chi connectivity index (χ0v) is 9.89. The van der Waals surface area contributed by atoms with Gasteiger partial charge in [0.2, 0.25) is 0 Å². The molecule has 5 nitrogen and oxygen atoms in total. The molecular weight excluding hydrogens is 240 g/mol. The Bertz CT molecular complexity index is 594. The van der Waals surface area contributed by atoms with Gasteiger partial charge in [-0.2, -0.15) is 8.42 Å². The van der Waals surface area contributed by atoms with Gasteiger partial charge in [0.15, 0.2) is 5.84 Å². The lowest BCUT2D eigenvalue weighted by Gasteiger charge is -2.17. The number of nitrogens with zero attached hydrogens (tertiary/aromatic N) is 2. The van der Waals surface area contributed by atoms with Crippen LogP contribution in [0.25, 0.3) is 0 Å². The van der Waals surface area contributed by atoms with Crippen LogP contribution < -0.4 is 0 Å². The summed E-state index contributed by atoms with van der Waals surface area (Å²) in [6, 6.07) is 6.80. The summed E-state index contributed by atoms with van der Waals surface area (Å²) in [5.74, 6) is 0.470. The average molecular weight is 252 g/mol. The standard InChI is InChI=1S/C11H12N2O3S/c14-8-5-6-13(7-8)11-9-3-1-2-4-10(9)17(15,16)12-11/h1-4,8,14H,5-7H2/t8-/m1/s1. The highest BCUT2D eigenvalue weighted by Gasteiger charge is 2.34. The van der Waals surface area contributed by atoms with Crippen LogP contribution in [0.5, 0.6) is 0 Å². The second-order valence-electron chi connectivity index (χ2n) is 4.27. The summed E-state index contributed by atoms with van der Waals surface area (Å²) in [6.45, 7) is 1.09. The average Bonchev–Trinajstić information content (AvgIpc) is 2.82. The van der Waals surface area contributed by atoms with Crippen molar-refractivity contribution in [1.29, 1.82) is 0 Å². The number of fused-ring (bicyclic) bond motifs is 1. The second kappa shape index (κ2) is 3.54. The number of hydrogen-bond donors (Lipinski definition) is 1. The van der Waals surface area contributed by atoms with E-state index >= 15 is 0 Å². The molecule has 2 heterocycles. The van der Waals surface area contributed by atoms with Crippen molar-refractivity contribution in [3.8, 4) is 0 Å². The summed E-state index contributed by atoms with van der Waals surface area (Å²) in [5, 5.41) is 9.49. The summed E-state index contributed by atoms with van der Waals surface area (Å²) < 4.78 is 27.5. The molecule has 0 amide bonds. The van der Waals surface area contributed by atoms with Crippen LogP contribution in [0, 0.1) is 0 Å². The van der Waals surface area contributed by atoms with Crippen molar-refractivity contribution in [1.82, 2.24) is 4.90 Å². The smallest absolute Gasteiger partial charge is 0.285 e. The first kappa shape index (κ1) is 10.7. The molecule has 90 valence electrons. The van der Waals surface area contributed by atoms with Gasteiger partial charge in [0.25, 0.3) is 10.0 Å². The van der Waals surface area contributed by atoms with Crippen molar-refractivity contribution < 1.29 is 13.5 Å². The molecule has 0 radical (unpaired) electrons. The van der Waals surface area contributed by atoms with Gasteiger partial charge in [-0.3, -0.25) is 0 Å². The minimum atomic E-state index is -3.55. The van der Waals surface area contributed by atoms with E-state index in [2.05, 4.69) is 4.40 Å². The molecule has 0 bridgehead atoms. The minimum absolute atomic E-state index is 0.261. The molecule has 2 aliphatic heterocycles. The Hall–Kier alpha value is -1.40. The lowest BCUT2D eigenvalue weighted by Crippen LogP contribution is -2.29. The van der Waals surface area contributed by atoms with Gasteiger partial charge in [-0.1, -0.05) is 12.1 Å². The number of amidine groups is 1. The Labute approximate surface area is 99.5 Å². The molecule has 0 saturated carbocycles. The van der Waals surface area contributed by atoms with E-state index < -0.39 is 16.1 Å². The second-order valence-corrected chi connectivity index (χ2v) is 5.85. The molecule has 1 atom stereocenters. The number of aliphatic hydroxyl groups is 1. The minimum Gasteiger partial charge on any atom is -0.391 e. The highest BCUT2D eigenvalue weighted by atomic mass is 32.2. The summed E-state index contributed by atoms with van der Waals surface area (Å²) in [5.41, 5.74) is 0.640. The van der Waals surface area contributed by atoms with E-state index in [-0.39, 0.29) is 4.90 Å². The maximum atomic E-state index is 11.8. The Morgan fingerprint density at radius 1 is 1.35 bits per heavy atom. The molecule has 0 spiro atoms. The Balaban J connectivity index is 2.08. The fraction of sp³-hybridized carbons (Fsp3) is 0.364. The van der Waals surface area contributed by atoms with Crippen LogP contribution >= 0.6 is 0 Å². The molecule has 17 heavy (non-hydrogen) atoms. The number of hydrogen-bond acceptors (Lipinski definition) is 4. The number of aliphatic hydroxyl groups excluding tert-OH is 1. The van der Waals surface area contributed by atoms with E-state index in [1.165, 1.54) is 0 Å². The van der Waals surface area contributed by atoms with E-state index in [1.807, 2.05) is 4.90 Å². The van der Waals surface area contributed by atoms with Crippen molar-refractivity contribution in [3.05, 3.63) is 29.8 Å². The quantitative estimate of drug-likeness (QED) is 0.716. The lowest BCUT2D eigenvalue weighted by atomic mass is 10.2. The van der Waals surface area contributed by atoms with Crippen LogP contribution in [-0.2, 0) is 10.0 Å². The van der Waals surface area contributed by atoms with Gasteiger partial charge in [-0.15, -0.1) is 4.40 Å². The molecule has 0 aliphatic carbocycles. The Morgan fingerprint density at radius 3 is 2.82 bits per heavy atom. The van der Waals surface area contributed by atoms with Crippen molar-refractivity contribution in [2.24, 2.45) is 4.40 Å². The van der Waals surface area contributed by atoms with Gasteiger partial charge in [-0.05, 0) is 18.6 Å². The summed E-state index contributed by atoms with van der Waals surface area (Å²) in [7, 11) is -3.55. The van der Waals surface area contributed by atoms with E-state index in [4.69, 9.17) is 0 Å². The predicted molar refractivity (Wildman–Crippen MR) is 62.4 cm³/mol. The van der Waals surface area contributed by atoms with Gasteiger partial charge < -0.3 is 10.0 Å². The number of benzene rings is 1. The molecule has 2 aliphatic rings. The van der Waals surface area contributed by atoms with Gasteiger partial charge in [-0.25, -0.2) is 0 Å². The molecule has 0 unspecified atom stereocenters. The highest BCUT2D eigenvalue weighted by molar-refractivity contribution is 7.90. The zero-order chi connectivity index (χ0) is 12.0. The topological polar surface area (TPSA) is 70.0 Å². The SMILES string of the molecule is O=S1(=O)N=C(N2CC[C@@H](O)C2)c2ccccc21. The Morgan fingerprint density at radius 2 is 2.12 bits per heavy atom. The van der Waals surface area contributed by atoms with E-state index in [0.29, 0.717) is 30.9 Å². The maximum absolute atomic E-state index is 11.8. The summed E-state index contributed by atoms with van der Waals surface area (Å²) >= 11 is 0. The van der Waals surface area contributed by atoms with E-state index in [9.17, 15) is 13.5 Å². The predicted octanol–water partition coefficient (Wildman–Crippen LogP) is 0.202. The van der Waals surface area contributed by atoms with Crippen molar-refractivity contribution in [2.45, 2.75) is 17.4 Å². The third kappa shape index (κ3) is 1.64. The molecule has 1 aromatic carbocycles. The molecule has 6 heteroatoms. The van der Waals surface area contributed by atoms with Gasteiger partial charge >= 0.3 is 0 Å². The first-order valence-corrected chi connectivity index (χ1v) is 6.89. The van der Waals surface area contributed by atoms with Crippen LogP contribution in [0.15, 0.2) is 33.6 Å². The third-order valence-electron chi connectivity index (χ3n) is 3.08. The normalized spacial score (nSPS) is 25.8. The fourth-order valence-electron chi connectivity index (χ4n) is 2.25. The van der Waals surface area contributed by atoms with Crippen molar-refractivity contribution in [2.75, 3.05) is 13.1 Å². The molecule has 3 rings (SSSR count). The number of likely N-dealkylation sites (tertiary alicyclic amines) is 1. The summed E-state index contributed by atoms with van der Waals surface area (Å²) in [6.07, 6.45) is 0.259. The largest absolute Gasteiger partial charge is 0.391 e. The molecule has 1 aromatic rings. The molecular formula is C11H12N2O3S. The first-order chi connectivity index (χ1) is 8.08. The number of rotatable bonds is 0. The lowest BCUT2D eigenvalue weighted by molar-refractivity contribution is 0.188. The van der Waals surface area contributed by atoms with Crippen molar-refractivity contribution >= 4 is 15.9 Å². The third-order valence-corrected chi connectivity index (χ3v) is 4.40. The Kier molecular flexibility index (Phi) is 2.24. The van der Waals surface area contributed by atoms with Crippen LogP contribution in [-0.4, -0.2) is 43.5 Å². The molecule has 1 fully saturated rings. The zero-order valence-electron chi connectivity index (χ0n) is 9.07. The van der Waals surface area contributed by atoms with Crippen LogP contribution in [0.4, 0.5) is 0 Å². The van der Waals surface area contributed by atoms with E-state index in [0.717, 1.165) is 0 Å². The van der Waals surface area contributed by atoms with Crippen molar-refractivity contribution in [3.63, 3.8) is 0 Å². The van der Waals surface area contributed by atoms with Crippen LogP contribution in [0.2, 0.25) is 0 Å². The van der Waals surface area contributed by atoms with Gasteiger partial charge in [0.05, 0.1) is 6.10 Å². The van der Waals surface area contributed by atoms with E-state index in [1.54, 1.807) is 24.3 Å². The highest BCUT2D eigenvalue weighted by Crippen LogP contribution is 2.28. The van der Waals surface area contributed by atoms with Crippen LogP contribution in [0.1, 0.15) is 12.0 Å². The number of sulfonamides is 1. The van der Waals surface area contributed by atoms with Gasteiger partial charge in [0, 0.05) is 18.7 Å². The maximum Gasteiger partial charge on any atom is 0.285 e. The summed E-state index contributed by atoms with van der Waals surface area (Å²) in [4.78, 5) is 2.09. The molecule has 0 aromatic heterocycles. The number of β-amino-alcohol motifs (C(OH)–C–C–N with tert-alkyl or cyclic N) is 1. The van der Waals surface area contributed by atoms with Crippen LogP contribution in [0.3, 0.4) is 0 Å². The fourth-order valence-corrected chi connectivity index (χ4v) is 3.48.